The van der Waals surface area contributed by atoms with E-state index in [0.29, 0.717) is 6.42 Å². The van der Waals surface area contributed by atoms with E-state index in [1.165, 1.54) is 0 Å². The van der Waals surface area contributed by atoms with Crippen LogP contribution in [0, 0.1) is 0 Å². The fourth-order valence-electron chi connectivity index (χ4n) is 0.981. The molecule has 11 heavy (non-hydrogen) atoms. The third-order valence-electron chi connectivity index (χ3n) is 1.60. The van der Waals surface area contributed by atoms with Crippen LogP contribution in [0.4, 0.5) is 0 Å². The van der Waals surface area contributed by atoms with Gasteiger partial charge in [0, 0.05) is 21.0 Å². The van der Waals surface area contributed by atoms with Gasteiger partial charge in [-0.15, -0.1) is 6.58 Å². The van der Waals surface area contributed by atoms with Gasteiger partial charge in [-0.25, -0.2) is 0 Å². The number of hydrogen-bond acceptors (Lipinski definition) is 2. The highest BCUT2D eigenvalue weighted by Gasteiger charge is 2.17. The van der Waals surface area contributed by atoms with Crippen LogP contribution in [0.1, 0.15) is 6.42 Å². The van der Waals surface area contributed by atoms with Gasteiger partial charge in [-0.05, 0) is 6.08 Å². The Hall–Kier alpha value is -0.880. The average molecular weight is 167 g/mol. The summed E-state index contributed by atoms with van der Waals surface area (Å²) in [5.41, 5.74) is 0. The van der Waals surface area contributed by atoms with E-state index >= 15 is 0 Å². The Bertz CT molecular complexity index is 222. The van der Waals surface area contributed by atoms with Gasteiger partial charge in [0.25, 0.3) is 0 Å². The first-order valence-corrected chi connectivity index (χ1v) is 4.39. The molecule has 0 saturated carbocycles. The second kappa shape index (κ2) is 3.49. The van der Waals surface area contributed by atoms with Crippen molar-refractivity contribution in [3.63, 3.8) is 0 Å². The zero-order valence-electron chi connectivity index (χ0n) is 6.23. The molecule has 0 radical (unpaired) electrons. The van der Waals surface area contributed by atoms with Gasteiger partial charge in [-0.3, -0.25) is 4.79 Å². The van der Waals surface area contributed by atoms with Gasteiger partial charge in [0.15, 0.2) is 5.78 Å². The maximum Gasteiger partial charge on any atom is 0.159 e. The van der Waals surface area contributed by atoms with Crippen LogP contribution in [-0.2, 0) is 4.79 Å². The Kier molecular flexibility index (Phi) is 2.61. The normalized spacial score (nSPS) is 24.2. The van der Waals surface area contributed by atoms with Gasteiger partial charge < -0.3 is 4.67 Å². The van der Waals surface area contributed by atoms with Crippen LogP contribution in [-0.4, -0.2) is 22.8 Å². The van der Waals surface area contributed by atoms with E-state index in [9.17, 15) is 4.79 Å². The van der Waals surface area contributed by atoms with Crippen molar-refractivity contribution in [2.24, 2.45) is 0 Å². The zero-order valence-corrected chi connectivity index (χ0v) is 7.13. The molecule has 0 aromatic rings. The third-order valence-corrected chi connectivity index (χ3v) is 2.36. The number of hydrogen-bond donors (Lipinski definition) is 0. The Labute approximate surface area is 68.1 Å². The molecule has 1 heterocycles. The van der Waals surface area contributed by atoms with Crippen LogP contribution < -0.4 is 0 Å². The van der Waals surface area contributed by atoms with E-state index in [2.05, 4.69) is 12.9 Å². The summed E-state index contributed by atoms with van der Waals surface area (Å²) >= 11 is 0. The van der Waals surface area contributed by atoms with Crippen molar-refractivity contribution in [1.29, 1.82) is 0 Å². The van der Waals surface area contributed by atoms with Crippen LogP contribution in [0.5, 0.6) is 0 Å². The highest BCUT2D eigenvalue weighted by Crippen LogP contribution is 2.19. The molecule has 3 heteroatoms. The van der Waals surface area contributed by atoms with Crippen molar-refractivity contribution in [2.75, 3.05) is 0 Å². The van der Waals surface area contributed by atoms with Crippen LogP contribution in [0.15, 0.2) is 24.9 Å². The second-order valence-electron chi connectivity index (χ2n) is 2.31. The number of carbonyl (C=O) groups is 1. The molecule has 0 aromatic carbocycles. The summed E-state index contributed by atoms with van der Waals surface area (Å²) in [5, 5.41) is 0. The molecule has 1 unspecified atom stereocenters. The summed E-state index contributed by atoms with van der Waals surface area (Å²) in [6, 6.07) is 0.131. The molecular formula is C8H10NOP. The van der Waals surface area contributed by atoms with Crippen molar-refractivity contribution in [2.45, 2.75) is 12.5 Å². The summed E-state index contributed by atoms with van der Waals surface area (Å²) in [7, 11) is 0.905. The first-order valence-electron chi connectivity index (χ1n) is 3.36. The standard InChI is InChI=1S/C8H10NOP/c1-3-7-6-8(10)4-5-9(7)11-2/h3-5,7H,1-2,6H2. The monoisotopic (exact) mass is 167 g/mol. The summed E-state index contributed by atoms with van der Waals surface area (Å²) in [6.07, 6.45) is 9.38. The van der Waals surface area contributed by atoms with Crippen molar-refractivity contribution < 1.29 is 4.79 Å². The van der Waals surface area contributed by atoms with E-state index in [1.807, 2.05) is 4.67 Å². The van der Waals surface area contributed by atoms with Gasteiger partial charge in [-0.1, -0.05) is 12.4 Å². The topological polar surface area (TPSA) is 20.3 Å². The largest absolute Gasteiger partial charge is 0.324 e. The summed E-state index contributed by atoms with van der Waals surface area (Å²) < 4.78 is 1.97. The van der Waals surface area contributed by atoms with Crippen molar-refractivity contribution >= 4 is 20.4 Å². The molecule has 0 N–H and O–H groups in total. The van der Waals surface area contributed by atoms with Gasteiger partial charge in [0.05, 0.1) is 6.04 Å². The lowest BCUT2D eigenvalue weighted by molar-refractivity contribution is -0.115. The molecule has 58 valence electrons. The smallest absolute Gasteiger partial charge is 0.159 e. The van der Waals surface area contributed by atoms with Crippen LogP contribution in [0.2, 0.25) is 0 Å². The quantitative estimate of drug-likeness (QED) is 0.460. The highest BCUT2D eigenvalue weighted by atomic mass is 31.1. The molecule has 1 atom stereocenters. The van der Waals surface area contributed by atoms with Gasteiger partial charge in [0.2, 0.25) is 0 Å². The maximum absolute atomic E-state index is 10.9. The van der Waals surface area contributed by atoms with E-state index in [1.54, 1.807) is 18.4 Å². The number of nitrogens with zero attached hydrogens (tertiary/aromatic N) is 1. The number of ketones is 1. The molecule has 0 bridgehead atoms. The van der Waals surface area contributed by atoms with E-state index in [0.717, 1.165) is 8.35 Å². The Morgan fingerprint density at radius 3 is 3.09 bits per heavy atom. The molecular weight excluding hydrogens is 157 g/mol. The first kappa shape index (κ1) is 8.22. The Morgan fingerprint density at radius 2 is 2.55 bits per heavy atom. The van der Waals surface area contributed by atoms with E-state index in [4.69, 9.17) is 0 Å². The molecule has 1 rings (SSSR count). The second-order valence-corrected chi connectivity index (χ2v) is 3.06. The minimum atomic E-state index is 0.131. The van der Waals surface area contributed by atoms with Gasteiger partial charge in [0.1, 0.15) is 0 Å². The Balaban J connectivity index is 2.78. The zero-order chi connectivity index (χ0) is 8.27. The van der Waals surface area contributed by atoms with E-state index < -0.39 is 0 Å². The predicted molar refractivity (Wildman–Crippen MR) is 48.6 cm³/mol. The predicted octanol–water partition coefficient (Wildman–Crippen LogP) is 1.62. The fraction of sp³-hybridized carbons (Fsp3) is 0.250. The Morgan fingerprint density at radius 1 is 1.82 bits per heavy atom. The molecule has 0 spiro atoms. The molecule has 0 amide bonds. The maximum atomic E-state index is 10.9. The number of rotatable bonds is 2. The van der Waals surface area contributed by atoms with Crippen molar-refractivity contribution in [3.8, 4) is 0 Å². The van der Waals surface area contributed by atoms with Crippen LogP contribution in [0.25, 0.3) is 0 Å². The average Bonchev–Trinajstić information content (AvgIpc) is 2.04. The first-order chi connectivity index (χ1) is 5.27. The molecule has 2 nitrogen and oxygen atoms in total. The van der Waals surface area contributed by atoms with Crippen LogP contribution in [0.3, 0.4) is 0 Å². The fourth-order valence-corrected chi connectivity index (χ4v) is 1.53. The van der Waals surface area contributed by atoms with Crippen LogP contribution >= 0.6 is 8.35 Å². The van der Waals surface area contributed by atoms with Crippen molar-refractivity contribution in [1.82, 2.24) is 4.67 Å². The molecule has 1 aliphatic rings. The SMILES string of the molecule is C=CC1CC(=O)C=CN1P=C. The summed E-state index contributed by atoms with van der Waals surface area (Å²) in [6.45, 7) is 3.66. The molecule has 0 fully saturated rings. The summed E-state index contributed by atoms with van der Waals surface area (Å²) in [4.78, 5) is 10.9. The lowest BCUT2D eigenvalue weighted by Crippen LogP contribution is -2.26. The lowest BCUT2D eigenvalue weighted by atomic mass is 10.1. The van der Waals surface area contributed by atoms with E-state index in [-0.39, 0.29) is 11.8 Å². The summed E-state index contributed by atoms with van der Waals surface area (Å²) in [5.74, 6) is 0.162. The van der Waals surface area contributed by atoms with Gasteiger partial charge in [-0.2, -0.15) is 0 Å². The number of carbonyl (C=O) groups excluding carboxylic acids is 1. The van der Waals surface area contributed by atoms with Crippen molar-refractivity contribution in [3.05, 3.63) is 24.9 Å². The molecule has 0 aliphatic carbocycles. The third kappa shape index (κ3) is 1.78. The molecule has 0 saturated heterocycles. The molecule has 1 aliphatic heterocycles. The minimum absolute atomic E-state index is 0.131. The minimum Gasteiger partial charge on any atom is -0.324 e. The number of allylic oxidation sites excluding steroid dienone is 1. The van der Waals surface area contributed by atoms with Gasteiger partial charge >= 0.3 is 0 Å². The highest BCUT2D eigenvalue weighted by molar-refractivity contribution is 7.34. The lowest BCUT2D eigenvalue weighted by Gasteiger charge is -2.25. The molecule has 0 aromatic heterocycles.